The van der Waals surface area contributed by atoms with Gasteiger partial charge < -0.3 is 0 Å². The molecular weight excluding hydrogens is 452 g/mol. The number of hydrazine groups is 1. The Morgan fingerprint density at radius 3 is 1.96 bits per heavy atom. The summed E-state index contributed by atoms with van der Waals surface area (Å²) in [6, 6.07) is 27.6. The van der Waals surface area contributed by atoms with E-state index in [1.54, 1.807) is 0 Å². The summed E-state index contributed by atoms with van der Waals surface area (Å²) in [4.78, 5) is 0. The van der Waals surface area contributed by atoms with Gasteiger partial charge in [-0.05, 0) is 54.4 Å². The fourth-order valence-electron chi connectivity index (χ4n) is 3.37. The van der Waals surface area contributed by atoms with Crippen molar-refractivity contribution in [2.75, 3.05) is 5.01 Å². The molecule has 1 atom stereocenters. The molecule has 3 aromatic carbocycles. The molecule has 0 spiro atoms. The van der Waals surface area contributed by atoms with Crippen molar-refractivity contribution in [1.82, 2.24) is 5.43 Å². The van der Waals surface area contributed by atoms with Crippen LogP contribution in [0.1, 0.15) is 24.1 Å². The van der Waals surface area contributed by atoms with Gasteiger partial charge in [0.25, 0.3) is 0 Å². The maximum absolute atomic E-state index is 3.69. The van der Waals surface area contributed by atoms with Gasteiger partial charge in [0.2, 0.25) is 0 Å². The summed E-state index contributed by atoms with van der Waals surface area (Å²) >= 11 is 7.06. The van der Waals surface area contributed by atoms with Crippen LogP contribution < -0.4 is 10.4 Å². The molecule has 1 aliphatic heterocycles. The van der Waals surface area contributed by atoms with Crippen molar-refractivity contribution in [2.24, 2.45) is 0 Å². The quantitative estimate of drug-likeness (QED) is 0.458. The summed E-state index contributed by atoms with van der Waals surface area (Å²) in [5, 5.41) is 2.18. The SMILES string of the molecule is CC1=C(c2ccc(Br)cc2)C(c2ccccc2)NN1c1ccc(Br)cc1. The van der Waals surface area contributed by atoms with Crippen molar-refractivity contribution in [3.05, 3.63) is 105 Å². The summed E-state index contributed by atoms with van der Waals surface area (Å²) in [5.41, 5.74) is 9.80. The number of allylic oxidation sites excluding steroid dienone is 1. The van der Waals surface area contributed by atoms with E-state index in [9.17, 15) is 0 Å². The molecule has 4 rings (SSSR count). The van der Waals surface area contributed by atoms with Crippen LogP contribution in [0, 0.1) is 0 Å². The zero-order valence-electron chi connectivity index (χ0n) is 14.3. The average Bonchev–Trinajstić information content (AvgIpc) is 3.01. The van der Waals surface area contributed by atoms with Gasteiger partial charge in [0.05, 0.1) is 11.7 Å². The lowest BCUT2D eigenvalue weighted by molar-refractivity contribution is 0.670. The van der Waals surface area contributed by atoms with E-state index in [0.29, 0.717) is 0 Å². The molecule has 3 aromatic rings. The Morgan fingerprint density at radius 2 is 1.35 bits per heavy atom. The van der Waals surface area contributed by atoms with E-state index >= 15 is 0 Å². The molecule has 0 amide bonds. The summed E-state index contributed by atoms with van der Waals surface area (Å²) in [6.07, 6.45) is 0. The van der Waals surface area contributed by atoms with E-state index in [1.165, 1.54) is 22.4 Å². The molecule has 0 radical (unpaired) electrons. The Morgan fingerprint density at radius 1 is 0.769 bits per heavy atom. The molecule has 2 nitrogen and oxygen atoms in total. The van der Waals surface area contributed by atoms with E-state index < -0.39 is 0 Å². The first-order chi connectivity index (χ1) is 12.6. The van der Waals surface area contributed by atoms with E-state index in [1.807, 2.05) is 0 Å². The molecular formula is C22H18Br2N2. The van der Waals surface area contributed by atoms with Crippen molar-refractivity contribution in [3.8, 4) is 0 Å². The predicted octanol–water partition coefficient (Wildman–Crippen LogP) is 6.71. The molecule has 130 valence electrons. The second-order valence-corrected chi connectivity index (χ2v) is 8.12. The Hall–Kier alpha value is -1.88. The van der Waals surface area contributed by atoms with Crippen molar-refractivity contribution in [1.29, 1.82) is 0 Å². The highest BCUT2D eigenvalue weighted by atomic mass is 79.9. The molecule has 0 fully saturated rings. The fraction of sp³-hybridized carbons (Fsp3) is 0.0909. The van der Waals surface area contributed by atoms with Crippen LogP contribution in [0.3, 0.4) is 0 Å². The molecule has 26 heavy (non-hydrogen) atoms. The Bertz CT molecular complexity index is 932. The molecule has 0 saturated carbocycles. The highest BCUT2D eigenvalue weighted by Crippen LogP contribution is 2.41. The van der Waals surface area contributed by atoms with E-state index in [4.69, 9.17) is 0 Å². The first-order valence-electron chi connectivity index (χ1n) is 8.47. The molecule has 0 saturated heterocycles. The van der Waals surface area contributed by atoms with Crippen LogP contribution in [0.2, 0.25) is 0 Å². The van der Waals surface area contributed by atoms with Crippen LogP contribution in [-0.4, -0.2) is 0 Å². The topological polar surface area (TPSA) is 15.3 Å². The van der Waals surface area contributed by atoms with Gasteiger partial charge >= 0.3 is 0 Å². The Labute approximate surface area is 170 Å². The average molecular weight is 470 g/mol. The molecule has 4 heteroatoms. The first kappa shape index (κ1) is 17.5. The summed E-state index contributed by atoms with van der Waals surface area (Å²) in [5.74, 6) is 0. The summed E-state index contributed by atoms with van der Waals surface area (Å²) in [7, 11) is 0. The molecule has 0 aromatic heterocycles. The van der Waals surface area contributed by atoms with Crippen LogP contribution in [0.25, 0.3) is 5.57 Å². The van der Waals surface area contributed by atoms with Crippen LogP contribution >= 0.6 is 31.9 Å². The zero-order chi connectivity index (χ0) is 18.1. The molecule has 1 aliphatic rings. The minimum Gasteiger partial charge on any atom is -0.280 e. The van der Waals surface area contributed by atoms with Gasteiger partial charge in [0, 0.05) is 20.2 Å². The van der Waals surface area contributed by atoms with Gasteiger partial charge in [-0.25, -0.2) is 5.43 Å². The number of halogens is 2. The van der Waals surface area contributed by atoms with Crippen molar-refractivity contribution >= 4 is 43.1 Å². The largest absolute Gasteiger partial charge is 0.280 e. The second kappa shape index (κ2) is 7.39. The Balaban J connectivity index is 1.82. The van der Waals surface area contributed by atoms with Crippen LogP contribution in [-0.2, 0) is 0 Å². The minimum atomic E-state index is 0.112. The van der Waals surface area contributed by atoms with Gasteiger partial charge in [-0.15, -0.1) is 0 Å². The zero-order valence-corrected chi connectivity index (χ0v) is 17.5. The smallest absolute Gasteiger partial charge is 0.0789 e. The normalized spacial score (nSPS) is 17.0. The molecule has 1 unspecified atom stereocenters. The predicted molar refractivity (Wildman–Crippen MR) is 116 cm³/mol. The van der Waals surface area contributed by atoms with E-state index in [0.717, 1.165) is 14.6 Å². The lowest BCUT2D eigenvalue weighted by Gasteiger charge is -2.22. The van der Waals surface area contributed by atoms with Crippen LogP contribution in [0.4, 0.5) is 5.69 Å². The Kier molecular flexibility index (Phi) is 4.98. The van der Waals surface area contributed by atoms with E-state index in [2.05, 4.69) is 128 Å². The third kappa shape index (κ3) is 3.37. The summed E-state index contributed by atoms with van der Waals surface area (Å²) < 4.78 is 2.17. The molecule has 0 aliphatic carbocycles. The number of hydrogen-bond donors (Lipinski definition) is 1. The minimum absolute atomic E-state index is 0.112. The maximum Gasteiger partial charge on any atom is 0.0789 e. The van der Waals surface area contributed by atoms with Crippen LogP contribution in [0.15, 0.2) is 93.5 Å². The number of rotatable bonds is 3. The fourth-order valence-corrected chi connectivity index (χ4v) is 3.90. The third-order valence-electron chi connectivity index (χ3n) is 4.65. The monoisotopic (exact) mass is 468 g/mol. The highest BCUT2D eigenvalue weighted by Gasteiger charge is 2.31. The number of nitrogens with zero attached hydrogens (tertiary/aromatic N) is 1. The number of nitrogens with one attached hydrogen (secondary N) is 1. The first-order valence-corrected chi connectivity index (χ1v) is 10.1. The lowest BCUT2D eigenvalue weighted by atomic mass is 9.93. The third-order valence-corrected chi connectivity index (χ3v) is 5.70. The molecule has 0 bridgehead atoms. The standard InChI is InChI=1S/C22H18Br2N2/c1-15-21(16-7-9-18(23)10-8-16)22(17-5-3-2-4-6-17)25-26(15)20-13-11-19(24)12-14-20/h2-14,22,25H,1H3. The molecule has 1 N–H and O–H groups in total. The second-order valence-electron chi connectivity index (χ2n) is 6.29. The van der Waals surface area contributed by atoms with Crippen molar-refractivity contribution < 1.29 is 0 Å². The highest BCUT2D eigenvalue weighted by molar-refractivity contribution is 9.10. The number of hydrogen-bond acceptors (Lipinski definition) is 2. The van der Waals surface area contributed by atoms with Gasteiger partial charge in [-0.1, -0.05) is 74.3 Å². The van der Waals surface area contributed by atoms with Crippen LogP contribution in [0.5, 0.6) is 0 Å². The molecule has 1 heterocycles. The van der Waals surface area contributed by atoms with Crippen molar-refractivity contribution in [3.63, 3.8) is 0 Å². The van der Waals surface area contributed by atoms with Gasteiger partial charge in [0.15, 0.2) is 0 Å². The van der Waals surface area contributed by atoms with Crippen molar-refractivity contribution in [2.45, 2.75) is 13.0 Å². The summed E-state index contributed by atoms with van der Waals surface area (Å²) in [6.45, 7) is 2.18. The number of anilines is 1. The lowest BCUT2D eigenvalue weighted by Crippen LogP contribution is -2.33. The maximum atomic E-state index is 3.69. The van der Waals surface area contributed by atoms with E-state index in [-0.39, 0.29) is 6.04 Å². The number of benzene rings is 3. The van der Waals surface area contributed by atoms with Gasteiger partial charge in [-0.2, -0.15) is 0 Å². The van der Waals surface area contributed by atoms with Gasteiger partial charge in [0.1, 0.15) is 0 Å². The van der Waals surface area contributed by atoms with Gasteiger partial charge in [-0.3, -0.25) is 5.01 Å².